The van der Waals surface area contributed by atoms with Gasteiger partial charge in [-0.15, -0.1) is 0 Å². The normalized spacial score (nSPS) is 21.8. The molecule has 24 heavy (non-hydrogen) atoms. The van der Waals surface area contributed by atoms with Crippen LogP contribution in [-0.4, -0.2) is 26.2 Å². The lowest BCUT2D eigenvalue weighted by atomic mass is 9.84. The maximum Gasteiger partial charge on any atom is 0.339 e. The highest BCUT2D eigenvalue weighted by Gasteiger charge is 2.35. The van der Waals surface area contributed by atoms with Gasteiger partial charge in [0, 0.05) is 11.8 Å². The highest BCUT2D eigenvalue weighted by atomic mass is 16.5. The van der Waals surface area contributed by atoms with Crippen molar-refractivity contribution in [2.75, 3.05) is 14.2 Å². The molecule has 0 spiro atoms. The monoisotopic (exact) mass is 322 g/mol. The van der Waals surface area contributed by atoms with Gasteiger partial charge in [0.25, 0.3) is 0 Å². The summed E-state index contributed by atoms with van der Waals surface area (Å²) in [6, 6.07) is 10.1. The molecule has 2 aliphatic carbocycles. The number of ether oxygens (including phenoxy) is 2. The first-order chi connectivity index (χ1) is 11.7. The molecular formula is C20H18O4. The summed E-state index contributed by atoms with van der Waals surface area (Å²) in [6.07, 6.45) is 9.38. The smallest absolute Gasteiger partial charge is 0.339 e. The van der Waals surface area contributed by atoms with Gasteiger partial charge in [0.15, 0.2) is 0 Å². The summed E-state index contributed by atoms with van der Waals surface area (Å²) in [7, 11) is 2.61. The van der Waals surface area contributed by atoms with Gasteiger partial charge >= 0.3 is 11.9 Å². The van der Waals surface area contributed by atoms with Gasteiger partial charge in [-0.2, -0.15) is 0 Å². The van der Waals surface area contributed by atoms with E-state index in [1.54, 1.807) is 12.2 Å². The van der Waals surface area contributed by atoms with Crippen LogP contribution in [0.4, 0.5) is 0 Å². The lowest BCUT2D eigenvalue weighted by Crippen LogP contribution is -2.18. The molecule has 0 aromatic heterocycles. The molecule has 4 nitrogen and oxygen atoms in total. The second-order valence-corrected chi connectivity index (χ2v) is 5.60. The molecule has 0 amide bonds. The van der Waals surface area contributed by atoms with E-state index in [0.717, 1.165) is 11.1 Å². The van der Waals surface area contributed by atoms with E-state index in [1.165, 1.54) is 14.2 Å². The van der Waals surface area contributed by atoms with Crippen LogP contribution < -0.4 is 0 Å². The van der Waals surface area contributed by atoms with E-state index in [0.29, 0.717) is 0 Å². The van der Waals surface area contributed by atoms with Crippen LogP contribution in [0.3, 0.4) is 0 Å². The lowest BCUT2D eigenvalue weighted by Gasteiger charge is -2.19. The Morgan fingerprint density at radius 2 is 1.62 bits per heavy atom. The van der Waals surface area contributed by atoms with Gasteiger partial charge in [0.05, 0.1) is 25.4 Å². The number of methoxy groups -OCH3 is 2. The van der Waals surface area contributed by atoms with Crippen molar-refractivity contribution >= 4 is 11.9 Å². The van der Waals surface area contributed by atoms with Crippen molar-refractivity contribution in [3.63, 3.8) is 0 Å². The molecule has 0 aliphatic heterocycles. The van der Waals surface area contributed by atoms with Crippen molar-refractivity contribution in [2.24, 2.45) is 5.92 Å². The maximum atomic E-state index is 12.3. The van der Waals surface area contributed by atoms with Crippen LogP contribution in [0.2, 0.25) is 0 Å². The van der Waals surface area contributed by atoms with E-state index < -0.39 is 11.9 Å². The van der Waals surface area contributed by atoms with E-state index in [4.69, 9.17) is 9.47 Å². The average Bonchev–Trinajstić information content (AvgIpc) is 2.94. The predicted octanol–water partition coefficient (Wildman–Crippen LogP) is 3.10. The molecule has 122 valence electrons. The molecule has 0 heterocycles. The number of carbonyl (C=O) groups excluding carboxylic acids is 2. The molecule has 0 saturated carbocycles. The Morgan fingerprint density at radius 1 is 0.917 bits per heavy atom. The number of hydrogen-bond donors (Lipinski definition) is 0. The maximum absolute atomic E-state index is 12.3. The summed E-state index contributed by atoms with van der Waals surface area (Å²) in [6.45, 7) is 0. The fourth-order valence-electron chi connectivity index (χ4n) is 3.22. The van der Waals surface area contributed by atoms with E-state index in [1.807, 2.05) is 30.4 Å². The molecule has 0 radical (unpaired) electrons. The van der Waals surface area contributed by atoms with E-state index in [2.05, 4.69) is 18.2 Å². The quantitative estimate of drug-likeness (QED) is 0.803. The Kier molecular flexibility index (Phi) is 4.47. The Bertz CT molecular complexity index is 781. The molecule has 0 N–H and O–H groups in total. The number of hydrogen-bond acceptors (Lipinski definition) is 4. The average molecular weight is 322 g/mol. The molecule has 0 fully saturated rings. The van der Waals surface area contributed by atoms with Crippen LogP contribution in [-0.2, 0) is 19.1 Å². The predicted molar refractivity (Wildman–Crippen MR) is 90.1 cm³/mol. The molecular weight excluding hydrogens is 304 g/mol. The highest BCUT2D eigenvalue weighted by Crippen LogP contribution is 2.42. The fourth-order valence-corrected chi connectivity index (χ4v) is 3.22. The number of esters is 2. The first-order valence-electron chi connectivity index (χ1n) is 7.70. The summed E-state index contributed by atoms with van der Waals surface area (Å²) >= 11 is 0. The molecule has 0 bridgehead atoms. The largest absolute Gasteiger partial charge is 0.465 e. The van der Waals surface area contributed by atoms with E-state index in [9.17, 15) is 9.59 Å². The number of benzene rings is 1. The van der Waals surface area contributed by atoms with Gasteiger partial charge in [-0.1, -0.05) is 54.6 Å². The van der Waals surface area contributed by atoms with Crippen LogP contribution >= 0.6 is 0 Å². The Hall–Kier alpha value is -2.88. The van der Waals surface area contributed by atoms with Gasteiger partial charge in [-0.3, -0.25) is 0 Å². The third-order valence-corrected chi connectivity index (χ3v) is 4.35. The van der Waals surface area contributed by atoms with Crippen LogP contribution in [0, 0.1) is 5.92 Å². The number of allylic oxidation sites excluding steroid dienone is 6. The summed E-state index contributed by atoms with van der Waals surface area (Å²) in [5.74, 6) is -0.999. The van der Waals surface area contributed by atoms with E-state index in [-0.39, 0.29) is 23.0 Å². The van der Waals surface area contributed by atoms with Gasteiger partial charge in [-0.05, 0) is 17.2 Å². The third kappa shape index (κ3) is 2.71. The highest BCUT2D eigenvalue weighted by molar-refractivity contribution is 6.08. The summed E-state index contributed by atoms with van der Waals surface area (Å²) < 4.78 is 9.74. The van der Waals surface area contributed by atoms with Crippen molar-refractivity contribution in [1.82, 2.24) is 0 Å². The summed E-state index contributed by atoms with van der Waals surface area (Å²) in [5, 5.41) is 0. The van der Waals surface area contributed by atoms with Crippen molar-refractivity contribution < 1.29 is 19.1 Å². The minimum Gasteiger partial charge on any atom is -0.465 e. The van der Waals surface area contributed by atoms with Crippen LogP contribution in [0.1, 0.15) is 11.5 Å². The van der Waals surface area contributed by atoms with Crippen LogP contribution in [0.5, 0.6) is 0 Å². The second kappa shape index (κ2) is 6.71. The Morgan fingerprint density at radius 3 is 2.29 bits per heavy atom. The number of carbonyl (C=O) groups is 2. The molecule has 2 atom stereocenters. The van der Waals surface area contributed by atoms with Crippen LogP contribution in [0.15, 0.2) is 77.4 Å². The first kappa shape index (κ1) is 16.0. The van der Waals surface area contributed by atoms with Gasteiger partial charge in [-0.25, -0.2) is 9.59 Å². The van der Waals surface area contributed by atoms with Crippen molar-refractivity contribution in [2.45, 2.75) is 5.92 Å². The molecule has 2 aliphatic rings. The zero-order valence-corrected chi connectivity index (χ0v) is 13.6. The standard InChI is InChI=1S/C20H18O4/c1-23-19(21)17-10-6-9-15-14(13-7-4-3-5-8-13)11-12-16(15)18(17)20(22)24-2/h3-12,14-15H,1-2H3. The molecule has 1 aromatic carbocycles. The van der Waals surface area contributed by atoms with Crippen LogP contribution in [0.25, 0.3) is 0 Å². The Labute approximate surface area is 140 Å². The minimum atomic E-state index is -0.551. The molecule has 3 rings (SSSR count). The van der Waals surface area contributed by atoms with Crippen molar-refractivity contribution in [1.29, 1.82) is 0 Å². The van der Waals surface area contributed by atoms with Gasteiger partial charge < -0.3 is 9.47 Å². The number of fused-ring (bicyclic) bond motifs is 1. The third-order valence-electron chi connectivity index (χ3n) is 4.35. The second-order valence-electron chi connectivity index (χ2n) is 5.60. The minimum absolute atomic E-state index is 0.0279. The zero-order valence-electron chi connectivity index (χ0n) is 13.6. The first-order valence-corrected chi connectivity index (χ1v) is 7.70. The summed E-state index contributed by atoms with van der Waals surface area (Å²) in [5.41, 5.74) is 2.43. The summed E-state index contributed by atoms with van der Waals surface area (Å²) in [4.78, 5) is 24.4. The Balaban J connectivity index is 2.11. The van der Waals surface area contributed by atoms with E-state index >= 15 is 0 Å². The molecule has 0 saturated heterocycles. The lowest BCUT2D eigenvalue weighted by molar-refractivity contribution is -0.139. The van der Waals surface area contributed by atoms with Crippen molar-refractivity contribution in [3.8, 4) is 0 Å². The molecule has 2 unspecified atom stereocenters. The topological polar surface area (TPSA) is 52.6 Å². The van der Waals surface area contributed by atoms with Gasteiger partial charge in [0.2, 0.25) is 0 Å². The molecule has 1 aromatic rings. The fraction of sp³-hybridized carbons (Fsp3) is 0.200. The number of rotatable bonds is 3. The molecule has 4 heteroatoms. The zero-order chi connectivity index (χ0) is 17.1. The SMILES string of the molecule is COC(=O)C1=CC=CC2C(=C1C(=O)OC)C=CC2c1ccccc1. The van der Waals surface area contributed by atoms with Crippen molar-refractivity contribution in [3.05, 3.63) is 83.0 Å². The van der Waals surface area contributed by atoms with Gasteiger partial charge in [0.1, 0.15) is 0 Å².